The van der Waals surface area contributed by atoms with Crippen LogP contribution in [0.3, 0.4) is 0 Å². The molecule has 3 heteroatoms. The molecule has 0 amide bonds. The molecule has 0 heterocycles. The first-order valence-electron chi connectivity index (χ1n) is 5.14. The molecule has 0 rings (SSSR count). The van der Waals surface area contributed by atoms with E-state index in [9.17, 15) is 8.78 Å². The van der Waals surface area contributed by atoms with Gasteiger partial charge in [-0.15, -0.1) is 0 Å². The Hall–Kier alpha value is -0.440. The number of allylic oxidation sites excluding steroid dienone is 1. The molecule has 0 unspecified atom stereocenters. The Kier molecular flexibility index (Phi) is 4.47. The molecule has 1 nitrogen and oxygen atoms in total. The van der Waals surface area contributed by atoms with Crippen LogP contribution in [0.4, 0.5) is 8.78 Å². The third-order valence-corrected chi connectivity index (χ3v) is 1.52. The number of alkyl halides is 2. The maximum Gasteiger partial charge on any atom is 0.289 e. The molecule has 0 aliphatic heterocycles. The maximum atomic E-state index is 13.3. The lowest BCUT2D eigenvalue weighted by Crippen LogP contribution is -2.29. The van der Waals surface area contributed by atoms with Crippen LogP contribution in [0.1, 0.15) is 41.5 Å². The third kappa shape index (κ3) is 9.85. The molecule has 0 spiro atoms. The van der Waals surface area contributed by atoms with Gasteiger partial charge in [0.25, 0.3) is 5.92 Å². The van der Waals surface area contributed by atoms with Crippen LogP contribution in [-0.2, 0) is 4.74 Å². The van der Waals surface area contributed by atoms with E-state index in [0.717, 1.165) is 6.08 Å². The average Bonchev–Trinajstić information content (AvgIpc) is 1.96. The van der Waals surface area contributed by atoms with Crippen molar-refractivity contribution < 1.29 is 13.5 Å². The number of hydrogen-bond donors (Lipinski definition) is 0. The van der Waals surface area contributed by atoms with Gasteiger partial charge in [0.15, 0.2) is 0 Å². The molecule has 0 radical (unpaired) electrons. The van der Waals surface area contributed by atoms with Crippen molar-refractivity contribution in [3.05, 3.63) is 12.2 Å². The Morgan fingerprint density at radius 2 is 1.40 bits per heavy atom. The Balaban J connectivity index is 4.26. The van der Waals surface area contributed by atoms with Crippen molar-refractivity contribution in [2.45, 2.75) is 53.1 Å². The van der Waals surface area contributed by atoms with E-state index in [0.29, 0.717) is 0 Å². The molecule has 0 saturated carbocycles. The van der Waals surface area contributed by atoms with Crippen molar-refractivity contribution in [3.63, 3.8) is 0 Å². The van der Waals surface area contributed by atoms with Crippen molar-refractivity contribution in [1.29, 1.82) is 0 Å². The summed E-state index contributed by atoms with van der Waals surface area (Å²) in [5.41, 5.74) is -0.760. The standard InChI is InChI=1S/C12H22F2O/c1-10(2,3)7-8-12(13,14)9-15-11(4,5)6/h7-8H,9H2,1-6H3/b8-7+. The van der Waals surface area contributed by atoms with Crippen molar-refractivity contribution in [2.24, 2.45) is 5.41 Å². The Bertz CT molecular complexity index is 219. The van der Waals surface area contributed by atoms with Gasteiger partial charge in [0, 0.05) is 0 Å². The predicted molar refractivity (Wildman–Crippen MR) is 59.2 cm³/mol. The zero-order valence-corrected chi connectivity index (χ0v) is 10.5. The molecule has 0 bridgehead atoms. The lowest BCUT2D eigenvalue weighted by molar-refractivity contribution is -0.0961. The number of hydrogen-bond acceptors (Lipinski definition) is 1. The van der Waals surface area contributed by atoms with Crippen molar-refractivity contribution >= 4 is 0 Å². The fraction of sp³-hybridized carbons (Fsp3) is 0.833. The molecule has 90 valence electrons. The Labute approximate surface area is 91.5 Å². The van der Waals surface area contributed by atoms with Gasteiger partial charge in [0.1, 0.15) is 6.61 Å². The summed E-state index contributed by atoms with van der Waals surface area (Å²) in [4.78, 5) is 0. The molecule has 0 aromatic carbocycles. The van der Waals surface area contributed by atoms with Crippen LogP contribution in [-0.4, -0.2) is 18.1 Å². The molecule has 0 aliphatic rings. The molecule has 0 atom stereocenters. The largest absolute Gasteiger partial charge is 0.369 e. The SMILES string of the molecule is CC(C)(C)/C=C/C(F)(F)COC(C)(C)C. The quantitative estimate of drug-likeness (QED) is 0.652. The summed E-state index contributed by atoms with van der Waals surface area (Å²) in [7, 11) is 0. The van der Waals surface area contributed by atoms with E-state index in [1.165, 1.54) is 6.08 Å². The predicted octanol–water partition coefficient (Wildman–Crippen LogP) is 4.04. The van der Waals surface area contributed by atoms with E-state index in [1.54, 1.807) is 20.8 Å². The highest BCUT2D eigenvalue weighted by molar-refractivity contribution is 5.00. The highest BCUT2D eigenvalue weighted by atomic mass is 19.3. The van der Waals surface area contributed by atoms with E-state index in [2.05, 4.69) is 0 Å². The summed E-state index contributed by atoms with van der Waals surface area (Å²) in [6, 6.07) is 0. The van der Waals surface area contributed by atoms with Crippen molar-refractivity contribution in [1.82, 2.24) is 0 Å². The van der Waals surface area contributed by atoms with E-state index in [4.69, 9.17) is 4.74 Å². The second-order valence-electron chi connectivity index (χ2n) is 5.86. The highest BCUT2D eigenvalue weighted by Crippen LogP contribution is 2.23. The first kappa shape index (κ1) is 14.6. The molecular formula is C12H22F2O. The number of ether oxygens (including phenoxy) is 1. The van der Waals surface area contributed by atoms with Gasteiger partial charge in [-0.05, 0) is 32.3 Å². The van der Waals surface area contributed by atoms with Gasteiger partial charge in [-0.25, -0.2) is 0 Å². The Morgan fingerprint density at radius 1 is 0.933 bits per heavy atom. The number of halogens is 2. The molecule has 0 saturated heterocycles. The second kappa shape index (κ2) is 4.60. The fourth-order valence-electron chi connectivity index (χ4n) is 0.733. The minimum absolute atomic E-state index is 0.231. The zero-order chi connectivity index (χ0) is 12.3. The summed E-state index contributed by atoms with van der Waals surface area (Å²) in [6.45, 7) is 10.4. The summed E-state index contributed by atoms with van der Waals surface area (Å²) >= 11 is 0. The summed E-state index contributed by atoms with van der Waals surface area (Å²) in [5.74, 6) is -2.89. The van der Waals surface area contributed by atoms with Gasteiger partial charge in [-0.1, -0.05) is 26.8 Å². The van der Waals surface area contributed by atoms with Crippen LogP contribution in [0.5, 0.6) is 0 Å². The van der Waals surface area contributed by atoms with Crippen LogP contribution in [0.25, 0.3) is 0 Å². The molecule has 0 N–H and O–H groups in total. The van der Waals surface area contributed by atoms with E-state index in [1.807, 2.05) is 20.8 Å². The third-order valence-electron chi connectivity index (χ3n) is 1.52. The van der Waals surface area contributed by atoms with Gasteiger partial charge >= 0.3 is 0 Å². The van der Waals surface area contributed by atoms with E-state index >= 15 is 0 Å². The fourth-order valence-corrected chi connectivity index (χ4v) is 0.733. The lowest BCUT2D eigenvalue weighted by Gasteiger charge is -2.23. The minimum Gasteiger partial charge on any atom is -0.369 e. The van der Waals surface area contributed by atoms with Crippen LogP contribution in [0.2, 0.25) is 0 Å². The zero-order valence-electron chi connectivity index (χ0n) is 10.5. The minimum atomic E-state index is -2.89. The molecular weight excluding hydrogens is 198 g/mol. The van der Waals surface area contributed by atoms with Crippen LogP contribution in [0, 0.1) is 5.41 Å². The summed E-state index contributed by atoms with van der Waals surface area (Å²) in [5, 5.41) is 0. The molecule has 0 aromatic heterocycles. The van der Waals surface area contributed by atoms with Crippen molar-refractivity contribution in [2.75, 3.05) is 6.61 Å². The highest BCUT2D eigenvalue weighted by Gasteiger charge is 2.28. The van der Waals surface area contributed by atoms with Gasteiger partial charge in [0.2, 0.25) is 0 Å². The van der Waals surface area contributed by atoms with Gasteiger partial charge in [-0.3, -0.25) is 0 Å². The van der Waals surface area contributed by atoms with Gasteiger partial charge in [0.05, 0.1) is 5.60 Å². The van der Waals surface area contributed by atoms with Crippen LogP contribution < -0.4 is 0 Å². The monoisotopic (exact) mass is 220 g/mol. The van der Waals surface area contributed by atoms with Gasteiger partial charge < -0.3 is 4.74 Å². The van der Waals surface area contributed by atoms with Crippen LogP contribution >= 0.6 is 0 Å². The average molecular weight is 220 g/mol. The van der Waals surface area contributed by atoms with Gasteiger partial charge in [-0.2, -0.15) is 8.78 Å². The molecule has 0 fully saturated rings. The topological polar surface area (TPSA) is 9.23 Å². The normalized spacial score (nSPS) is 14.9. The first-order chi connectivity index (χ1) is 6.41. The second-order valence-corrected chi connectivity index (χ2v) is 5.86. The summed E-state index contributed by atoms with van der Waals surface area (Å²) in [6.07, 6.45) is 2.44. The molecule has 0 aliphatic carbocycles. The number of rotatable bonds is 3. The maximum absolute atomic E-state index is 13.3. The Morgan fingerprint density at radius 3 is 1.73 bits per heavy atom. The smallest absolute Gasteiger partial charge is 0.289 e. The summed E-state index contributed by atoms with van der Waals surface area (Å²) < 4.78 is 31.6. The van der Waals surface area contributed by atoms with Crippen molar-refractivity contribution in [3.8, 4) is 0 Å². The molecule has 0 aromatic rings. The van der Waals surface area contributed by atoms with E-state index in [-0.39, 0.29) is 5.41 Å². The molecule has 15 heavy (non-hydrogen) atoms. The van der Waals surface area contributed by atoms with E-state index < -0.39 is 18.1 Å². The van der Waals surface area contributed by atoms with Crippen LogP contribution in [0.15, 0.2) is 12.2 Å². The first-order valence-corrected chi connectivity index (χ1v) is 5.14. The lowest BCUT2D eigenvalue weighted by atomic mass is 9.95.